The van der Waals surface area contributed by atoms with Gasteiger partial charge in [0.05, 0.1) is 6.10 Å². The number of hydrogen-bond donors (Lipinski definition) is 2. The van der Waals surface area contributed by atoms with Gasteiger partial charge in [-0.25, -0.2) is 0 Å². The van der Waals surface area contributed by atoms with Gasteiger partial charge in [-0.3, -0.25) is 0 Å². The summed E-state index contributed by atoms with van der Waals surface area (Å²) in [4.78, 5) is 0. The molecule has 1 aromatic rings. The fraction of sp³-hybridized carbons (Fsp3) is 0.500. The Balaban J connectivity index is 2.56. The van der Waals surface area contributed by atoms with Crippen LogP contribution in [0.4, 0.5) is 0 Å². The second-order valence-corrected chi connectivity index (χ2v) is 3.89. The molecule has 0 unspecified atom stereocenters. The number of aliphatic hydroxyl groups is 1. The molecule has 0 aliphatic heterocycles. The summed E-state index contributed by atoms with van der Waals surface area (Å²) in [5.41, 5.74) is 2.54. The lowest BCUT2D eigenvalue weighted by molar-refractivity contribution is 0.187. The van der Waals surface area contributed by atoms with Crippen LogP contribution in [-0.2, 0) is 0 Å². The highest BCUT2D eigenvalue weighted by Gasteiger charge is 2.05. The van der Waals surface area contributed by atoms with Gasteiger partial charge in [0.15, 0.2) is 0 Å². The van der Waals surface area contributed by atoms with Crippen LogP contribution in [-0.4, -0.2) is 17.8 Å². The molecule has 78 valence electrons. The molecule has 0 radical (unpaired) electrons. The maximum Gasteiger partial charge on any atom is 0.0636 e. The van der Waals surface area contributed by atoms with Crippen molar-refractivity contribution in [3.05, 3.63) is 35.4 Å². The van der Waals surface area contributed by atoms with Gasteiger partial charge in [0, 0.05) is 12.6 Å². The Morgan fingerprint density at radius 3 is 2.64 bits per heavy atom. The first-order valence-corrected chi connectivity index (χ1v) is 5.07. The molecule has 0 saturated heterocycles. The van der Waals surface area contributed by atoms with Crippen LogP contribution in [0.2, 0.25) is 0 Å². The second kappa shape index (κ2) is 5.13. The molecule has 0 aromatic heterocycles. The number of nitrogens with one attached hydrogen (secondary N) is 1. The second-order valence-electron chi connectivity index (χ2n) is 3.89. The molecule has 0 saturated carbocycles. The van der Waals surface area contributed by atoms with E-state index in [2.05, 4.69) is 43.4 Å². The average Bonchev–Trinajstić information content (AvgIpc) is 2.14. The molecule has 0 aliphatic rings. The third-order valence-electron chi connectivity index (χ3n) is 2.26. The highest BCUT2D eigenvalue weighted by atomic mass is 16.3. The number of aliphatic hydroxyl groups excluding tert-OH is 1. The van der Waals surface area contributed by atoms with Gasteiger partial charge < -0.3 is 10.4 Å². The molecule has 2 N–H and O–H groups in total. The van der Waals surface area contributed by atoms with E-state index in [9.17, 15) is 0 Å². The van der Waals surface area contributed by atoms with Crippen molar-refractivity contribution >= 4 is 0 Å². The van der Waals surface area contributed by atoms with Gasteiger partial charge in [-0.15, -0.1) is 0 Å². The van der Waals surface area contributed by atoms with Crippen LogP contribution >= 0.6 is 0 Å². The molecule has 0 aliphatic carbocycles. The summed E-state index contributed by atoms with van der Waals surface area (Å²) in [6, 6.07) is 8.72. The Labute approximate surface area is 86.0 Å². The highest BCUT2D eigenvalue weighted by Crippen LogP contribution is 2.13. The van der Waals surface area contributed by atoms with Crippen molar-refractivity contribution in [2.45, 2.75) is 32.9 Å². The maximum atomic E-state index is 9.14. The molecule has 2 heteroatoms. The van der Waals surface area contributed by atoms with Crippen LogP contribution in [0.1, 0.15) is 31.0 Å². The SMILES string of the molecule is Cc1cccc([C@@H](C)NC[C@@H](C)O)c1. The van der Waals surface area contributed by atoms with Gasteiger partial charge in [-0.1, -0.05) is 29.8 Å². The highest BCUT2D eigenvalue weighted by molar-refractivity contribution is 5.24. The van der Waals surface area contributed by atoms with Crippen LogP contribution in [0.15, 0.2) is 24.3 Å². The van der Waals surface area contributed by atoms with Crippen LogP contribution in [0.3, 0.4) is 0 Å². The number of benzene rings is 1. The summed E-state index contributed by atoms with van der Waals surface area (Å²) in [6.45, 7) is 6.62. The van der Waals surface area contributed by atoms with E-state index < -0.39 is 0 Å². The predicted molar refractivity (Wildman–Crippen MR) is 59.3 cm³/mol. The van der Waals surface area contributed by atoms with E-state index in [-0.39, 0.29) is 6.10 Å². The number of aryl methyl sites for hydroxylation is 1. The maximum absolute atomic E-state index is 9.14. The minimum absolute atomic E-state index is 0.290. The van der Waals surface area contributed by atoms with Crippen LogP contribution < -0.4 is 5.32 Å². The summed E-state index contributed by atoms with van der Waals surface area (Å²) < 4.78 is 0. The molecule has 0 amide bonds. The largest absolute Gasteiger partial charge is 0.392 e. The Kier molecular flexibility index (Phi) is 4.11. The molecule has 0 spiro atoms. The molecule has 1 aromatic carbocycles. The first-order chi connectivity index (χ1) is 6.59. The first kappa shape index (κ1) is 11.2. The Hall–Kier alpha value is -0.860. The van der Waals surface area contributed by atoms with E-state index in [0.29, 0.717) is 12.6 Å². The lowest BCUT2D eigenvalue weighted by atomic mass is 10.1. The summed E-state index contributed by atoms with van der Waals surface area (Å²) in [5.74, 6) is 0. The lowest BCUT2D eigenvalue weighted by Crippen LogP contribution is -2.27. The number of rotatable bonds is 4. The monoisotopic (exact) mass is 193 g/mol. The quantitative estimate of drug-likeness (QED) is 0.767. The van der Waals surface area contributed by atoms with E-state index in [1.807, 2.05) is 0 Å². The molecule has 0 bridgehead atoms. The lowest BCUT2D eigenvalue weighted by Gasteiger charge is -2.15. The molecule has 14 heavy (non-hydrogen) atoms. The fourth-order valence-electron chi connectivity index (χ4n) is 1.40. The fourth-order valence-corrected chi connectivity index (χ4v) is 1.40. The van der Waals surface area contributed by atoms with Crippen molar-refractivity contribution in [1.29, 1.82) is 0 Å². The van der Waals surface area contributed by atoms with Crippen molar-refractivity contribution < 1.29 is 5.11 Å². The first-order valence-electron chi connectivity index (χ1n) is 5.07. The molecular weight excluding hydrogens is 174 g/mol. The average molecular weight is 193 g/mol. The minimum Gasteiger partial charge on any atom is -0.392 e. The van der Waals surface area contributed by atoms with Gasteiger partial charge in [0.2, 0.25) is 0 Å². The van der Waals surface area contributed by atoms with Crippen LogP contribution in [0.25, 0.3) is 0 Å². The Morgan fingerprint density at radius 2 is 2.07 bits per heavy atom. The van der Waals surface area contributed by atoms with E-state index >= 15 is 0 Å². The molecule has 0 fully saturated rings. The standard InChI is InChI=1S/C12H19NO/c1-9-5-4-6-12(7-9)11(3)13-8-10(2)14/h4-7,10-11,13-14H,8H2,1-3H3/t10-,11-/m1/s1. The van der Waals surface area contributed by atoms with E-state index in [0.717, 1.165) is 0 Å². The third-order valence-corrected chi connectivity index (χ3v) is 2.26. The Morgan fingerprint density at radius 1 is 1.36 bits per heavy atom. The van der Waals surface area contributed by atoms with Gasteiger partial charge in [-0.05, 0) is 26.3 Å². The molecule has 2 atom stereocenters. The van der Waals surface area contributed by atoms with Crippen molar-refractivity contribution in [2.24, 2.45) is 0 Å². The summed E-state index contributed by atoms with van der Waals surface area (Å²) >= 11 is 0. The van der Waals surface area contributed by atoms with Crippen LogP contribution in [0, 0.1) is 6.92 Å². The van der Waals surface area contributed by atoms with Crippen molar-refractivity contribution in [3.8, 4) is 0 Å². The summed E-state index contributed by atoms with van der Waals surface area (Å²) in [7, 11) is 0. The number of hydrogen-bond acceptors (Lipinski definition) is 2. The predicted octanol–water partition coefficient (Wildman–Crippen LogP) is 2.03. The smallest absolute Gasteiger partial charge is 0.0636 e. The van der Waals surface area contributed by atoms with Crippen molar-refractivity contribution in [1.82, 2.24) is 5.32 Å². The zero-order valence-corrected chi connectivity index (χ0v) is 9.12. The molecular formula is C12H19NO. The zero-order chi connectivity index (χ0) is 10.6. The zero-order valence-electron chi connectivity index (χ0n) is 9.12. The van der Waals surface area contributed by atoms with E-state index in [1.165, 1.54) is 11.1 Å². The topological polar surface area (TPSA) is 32.3 Å². The van der Waals surface area contributed by atoms with Crippen LogP contribution in [0.5, 0.6) is 0 Å². The van der Waals surface area contributed by atoms with Gasteiger partial charge in [0.1, 0.15) is 0 Å². The molecule has 0 heterocycles. The Bertz CT molecular complexity index is 283. The van der Waals surface area contributed by atoms with Crippen molar-refractivity contribution in [3.63, 3.8) is 0 Å². The molecule has 1 rings (SSSR count). The summed E-state index contributed by atoms with van der Waals surface area (Å²) in [5, 5.41) is 12.4. The van der Waals surface area contributed by atoms with Crippen molar-refractivity contribution in [2.75, 3.05) is 6.54 Å². The van der Waals surface area contributed by atoms with E-state index in [1.54, 1.807) is 6.92 Å². The summed E-state index contributed by atoms with van der Waals surface area (Å²) in [6.07, 6.45) is -0.290. The third kappa shape index (κ3) is 3.48. The van der Waals surface area contributed by atoms with Gasteiger partial charge >= 0.3 is 0 Å². The minimum atomic E-state index is -0.290. The van der Waals surface area contributed by atoms with Gasteiger partial charge in [-0.2, -0.15) is 0 Å². The van der Waals surface area contributed by atoms with E-state index in [4.69, 9.17) is 5.11 Å². The normalized spacial score (nSPS) is 15.1. The van der Waals surface area contributed by atoms with Gasteiger partial charge in [0.25, 0.3) is 0 Å². The molecule has 2 nitrogen and oxygen atoms in total.